The second-order valence-electron chi connectivity index (χ2n) is 11.3. The third-order valence-corrected chi connectivity index (χ3v) is 11.1. The lowest BCUT2D eigenvalue weighted by atomic mass is 9.92. The molecule has 0 fully saturated rings. The number of thiophene rings is 2. The van der Waals surface area contributed by atoms with Gasteiger partial charge in [0.2, 0.25) is 0 Å². The second-order valence-corrected chi connectivity index (χ2v) is 13.4. The summed E-state index contributed by atoms with van der Waals surface area (Å²) >= 11 is 3.76. The summed E-state index contributed by atoms with van der Waals surface area (Å²) in [5.41, 5.74) is 7.40. The Hall–Kier alpha value is -4.96. The van der Waals surface area contributed by atoms with Crippen LogP contribution in [0.2, 0.25) is 0 Å². The smallest absolute Gasteiger partial charge is 0.135 e. The topological polar surface area (TPSA) is 9.23 Å². The molecule has 43 heavy (non-hydrogen) atoms. The Morgan fingerprint density at radius 2 is 1.05 bits per heavy atom. The minimum absolute atomic E-state index is 0.916. The average molecular weight is 583 g/mol. The van der Waals surface area contributed by atoms with E-state index in [1.165, 1.54) is 78.9 Å². The van der Waals surface area contributed by atoms with Crippen molar-refractivity contribution < 1.29 is 4.74 Å². The van der Waals surface area contributed by atoms with E-state index in [1.807, 2.05) is 22.7 Å². The first-order valence-electron chi connectivity index (χ1n) is 14.5. The first-order chi connectivity index (χ1) is 21.3. The first-order valence-corrected chi connectivity index (χ1v) is 16.1. The van der Waals surface area contributed by atoms with Gasteiger partial charge < -0.3 is 4.74 Å². The number of fused-ring (bicyclic) bond motifs is 8. The summed E-state index contributed by atoms with van der Waals surface area (Å²) in [7, 11) is 0. The Balaban J connectivity index is 1.10. The number of rotatable bonds is 2. The number of ether oxygens (including phenoxy) is 1. The molecule has 3 heterocycles. The third-order valence-electron chi connectivity index (χ3n) is 8.88. The molecule has 0 atom stereocenters. The number of hydrogen-bond acceptors (Lipinski definition) is 3. The van der Waals surface area contributed by atoms with E-state index in [1.54, 1.807) is 0 Å². The highest BCUT2D eigenvalue weighted by atomic mass is 32.1. The van der Waals surface area contributed by atoms with Crippen molar-refractivity contribution in [2.24, 2.45) is 0 Å². The Morgan fingerprint density at radius 1 is 0.372 bits per heavy atom. The molecule has 7 aromatic carbocycles. The lowest BCUT2D eigenvalue weighted by Gasteiger charge is -2.22. The van der Waals surface area contributed by atoms with E-state index in [2.05, 4.69) is 133 Å². The Labute approximate surface area is 255 Å². The van der Waals surface area contributed by atoms with Gasteiger partial charge in [-0.1, -0.05) is 91.0 Å². The normalized spacial score (nSPS) is 12.4. The summed E-state index contributed by atoms with van der Waals surface area (Å²) in [6, 6.07) is 48.8. The molecule has 0 saturated heterocycles. The molecule has 0 unspecified atom stereocenters. The van der Waals surface area contributed by atoms with Gasteiger partial charge in [0.05, 0.1) is 0 Å². The average Bonchev–Trinajstić information content (AvgIpc) is 3.62. The second kappa shape index (κ2) is 8.78. The van der Waals surface area contributed by atoms with Gasteiger partial charge in [-0.05, 0) is 75.7 Å². The fraction of sp³-hybridized carbons (Fsp3) is 0. The zero-order valence-corrected chi connectivity index (χ0v) is 24.6. The van der Waals surface area contributed by atoms with Crippen LogP contribution in [0.1, 0.15) is 0 Å². The fourth-order valence-corrected chi connectivity index (χ4v) is 9.20. The molecule has 0 saturated carbocycles. The van der Waals surface area contributed by atoms with Crippen molar-refractivity contribution in [1.29, 1.82) is 0 Å². The SMILES string of the molecule is c1cc2c3c(cccc3c1)-c1cc(-c3ccc4c(c3)sc3cc(-c5cccc6sc7ccccc7c56)ccc34)ccc1O2. The zero-order valence-electron chi connectivity index (χ0n) is 22.9. The highest BCUT2D eigenvalue weighted by Gasteiger charge is 2.20. The van der Waals surface area contributed by atoms with E-state index in [0.29, 0.717) is 0 Å². The molecular weight excluding hydrogens is 561 g/mol. The lowest BCUT2D eigenvalue weighted by molar-refractivity contribution is 0.487. The van der Waals surface area contributed by atoms with Crippen LogP contribution in [0.15, 0.2) is 133 Å². The minimum atomic E-state index is 0.916. The van der Waals surface area contributed by atoms with Gasteiger partial charge in [0.25, 0.3) is 0 Å². The van der Waals surface area contributed by atoms with Gasteiger partial charge in [-0.3, -0.25) is 0 Å². The molecular formula is C40H22OS2. The molecule has 1 aliphatic rings. The molecule has 1 nitrogen and oxygen atoms in total. The molecule has 10 rings (SSSR count). The van der Waals surface area contributed by atoms with Crippen LogP contribution in [0.4, 0.5) is 0 Å². The first kappa shape index (κ1) is 23.6. The zero-order chi connectivity index (χ0) is 28.1. The van der Waals surface area contributed by atoms with Gasteiger partial charge in [0.1, 0.15) is 11.5 Å². The number of benzene rings is 7. The molecule has 9 aromatic rings. The van der Waals surface area contributed by atoms with Crippen molar-refractivity contribution in [3.05, 3.63) is 133 Å². The van der Waals surface area contributed by atoms with Crippen LogP contribution < -0.4 is 4.74 Å². The van der Waals surface area contributed by atoms with E-state index in [4.69, 9.17) is 4.74 Å². The highest BCUT2D eigenvalue weighted by Crippen LogP contribution is 2.48. The summed E-state index contributed by atoms with van der Waals surface area (Å²) in [6.45, 7) is 0. The molecule has 1 aliphatic heterocycles. The molecule has 0 spiro atoms. The maximum absolute atomic E-state index is 6.35. The van der Waals surface area contributed by atoms with Crippen LogP contribution in [0.5, 0.6) is 11.5 Å². The summed E-state index contributed by atoms with van der Waals surface area (Å²) in [6.07, 6.45) is 0. The summed E-state index contributed by atoms with van der Waals surface area (Å²) in [5, 5.41) is 7.74. The van der Waals surface area contributed by atoms with Crippen LogP contribution in [0.3, 0.4) is 0 Å². The molecule has 0 radical (unpaired) electrons. The Morgan fingerprint density at radius 3 is 1.95 bits per heavy atom. The lowest BCUT2D eigenvalue weighted by Crippen LogP contribution is -1.97. The quantitative estimate of drug-likeness (QED) is 0.197. The maximum atomic E-state index is 6.35. The summed E-state index contributed by atoms with van der Waals surface area (Å²) < 4.78 is 11.7. The fourth-order valence-electron chi connectivity index (χ4n) is 6.88. The maximum Gasteiger partial charge on any atom is 0.135 e. The largest absolute Gasteiger partial charge is 0.456 e. The molecule has 3 heteroatoms. The van der Waals surface area contributed by atoms with Crippen LogP contribution >= 0.6 is 22.7 Å². The van der Waals surface area contributed by atoms with E-state index in [9.17, 15) is 0 Å². The molecule has 2 aromatic heterocycles. The van der Waals surface area contributed by atoms with Gasteiger partial charge in [0.15, 0.2) is 0 Å². The summed E-state index contributed by atoms with van der Waals surface area (Å²) in [4.78, 5) is 0. The van der Waals surface area contributed by atoms with Crippen molar-refractivity contribution in [3.63, 3.8) is 0 Å². The Bertz CT molecular complexity index is 2600. The third kappa shape index (κ3) is 3.44. The highest BCUT2D eigenvalue weighted by molar-refractivity contribution is 7.26. The molecule has 0 N–H and O–H groups in total. The summed E-state index contributed by atoms with van der Waals surface area (Å²) in [5.74, 6) is 1.85. The molecule has 200 valence electrons. The molecule has 0 aliphatic carbocycles. The predicted molar refractivity (Wildman–Crippen MR) is 186 cm³/mol. The van der Waals surface area contributed by atoms with E-state index in [-0.39, 0.29) is 0 Å². The molecule has 0 amide bonds. The standard InChI is InChI=1S/C40H22OS2/c1-2-12-35-31(8-1)40-27(9-5-13-36(40)42-35)26-15-18-29-28-17-14-25(21-37(28)43-38(29)22-26)24-16-19-33-32(20-24)30-10-3-6-23-7-4-11-34(41-33)39(23)30/h1-22H. The van der Waals surface area contributed by atoms with Gasteiger partial charge >= 0.3 is 0 Å². The van der Waals surface area contributed by atoms with Crippen LogP contribution in [0, 0.1) is 0 Å². The van der Waals surface area contributed by atoms with Crippen molar-refractivity contribution in [2.45, 2.75) is 0 Å². The Kier molecular flexibility index (Phi) is 4.81. The van der Waals surface area contributed by atoms with Crippen LogP contribution in [-0.2, 0) is 0 Å². The predicted octanol–water partition coefficient (Wildman–Crippen LogP) is 12.7. The van der Waals surface area contributed by atoms with E-state index < -0.39 is 0 Å². The van der Waals surface area contributed by atoms with Gasteiger partial charge in [-0.25, -0.2) is 0 Å². The van der Waals surface area contributed by atoms with E-state index >= 15 is 0 Å². The van der Waals surface area contributed by atoms with E-state index in [0.717, 1.165) is 17.1 Å². The van der Waals surface area contributed by atoms with Gasteiger partial charge in [-0.2, -0.15) is 0 Å². The van der Waals surface area contributed by atoms with Crippen molar-refractivity contribution >= 4 is 73.8 Å². The van der Waals surface area contributed by atoms with Crippen LogP contribution in [0.25, 0.3) is 84.5 Å². The van der Waals surface area contributed by atoms with Gasteiger partial charge in [-0.15, -0.1) is 22.7 Å². The minimum Gasteiger partial charge on any atom is -0.456 e. The molecule has 0 bridgehead atoms. The van der Waals surface area contributed by atoms with Crippen molar-refractivity contribution in [3.8, 4) is 44.9 Å². The van der Waals surface area contributed by atoms with Crippen molar-refractivity contribution in [1.82, 2.24) is 0 Å². The van der Waals surface area contributed by atoms with Crippen LogP contribution in [-0.4, -0.2) is 0 Å². The number of hydrogen-bond donors (Lipinski definition) is 0. The van der Waals surface area contributed by atoms with Gasteiger partial charge in [0, 0.05) is 51.3 Å². The monoisotopic (exact) mass is 582 g/mol. The van der Waals surface area contributed by atoms with Crippen molar-refractivity contribution in [2.75, 3.05) is 0 Å².